The summed E-state index contributed by atoms with van der Waals surface area (Å²) in [6.45, 7) is 2.16. The summed E-state index contributed by atoms with van der Waals surface area (Å²) in [4.78, 5) is 23.6. The van der Waals surface area contributed by atoms with Gasteiger partial charge >= 0.3 is 0 Å². The number of hydrogen-bond donors (Lipinski definition) is 1. The highest BCUT2D eigenvalue weighted by Gasteiger charge is 2.13. The Hall–Kier alpha value is -2.34. The van der Waals surface area contributed by atoms with Gasteiger partial charge in [0.15, 0.2) is 5.75 Å². The molecule has 6 nitrogen and oxygen atoms in total. The van der Waals surface area contributed by atoms with Crippen LogP contribution < -0.4 is 15.6 Å². The van der Waals surface area contributed by atoms with Gasteiger partial charge in [-0.3, -0.25) is 9.59 Å². The predicted octanol–water partition coefficient (Wildman–Crippen LogP) is 1.71. The predicted molar refractivity (Wildman–Crippen MR) is 84.2 cm³/mol. The highest BCUT2D eigenvalue weighted by molar-refractivity contribution is 6.30. The molecule has 1 aromatic carbocycles. The Kier molecular flexibility index (Phi) is 5.16. The molecule has 0 radical (unpaired) electrons. The monoisotopic (exact) mass is 321 g/mol. The first-order chi connectivity index (χ1) is 10.5. The molecule has 0 saturated carbocycles. The van der Waals surface area contributed by atoms with Crippen molar-refractivity contribution < 1.29 is 9.53 Å². The Morgan fingerprint density at radius 1 is 1.36 bits per heavy atom. The highest BCUT2D eigenvalue weighted by Crippen LogP contribution is 2.26. The van der Waals surface area contributed by atoms with Crippen molar-refractivity contribution in [3.8, 4) is 17.0 Å². The van der Waals surface area contributed by atoms with E-state index in [1.54, 1.807) is 31.2 Å². The third-order valence-electron chi connectivity index (χ3n) is 2.97. The first kappa shape index (κ1) is 16.0. The fourth-order valence-electron chi connectivity index (χ4n) is 1.94. The van der Waals surface area contributed by atoms with Gasteiger partial charge in [-0.25, -0.2) is 4.68 Å². The van der Waals surface area contributed by atoms with E-state index in [1.807, 2.05) is 0 Å². The van der Waals surface area contributed by atoms with Crippen LogP contribution in [0.15, 0.2) is 35.1 Å². The SMILES string of the molecule is CCNC(=O)Cn1nc(-c2ccc(Cl)cc2)c(OC)cc1=O. The van der Waals surface area contributed by atoms with Gasteiger partial charge in [0.05, 0.1) is 7.11 Å². The van der Waals surface area contributed by atoms with Crippen LogP contribution in [-0.4, -0.2) is 29.3 Å². The van der Waals surface area contributed by atoms with Gasteiger partial charge in [-0.05, 0) is 19.1 Å². The minimum Gasteiger partial charge on any atom is -0.494 e. The summed E-state index contributed by atoms with van der Waals surface area (Å²) < 4.78 is 6.32. The molecule has 2 rings (SSSR count). The van der Waals surface area contributed by atoms with Crippen LogP contribution in [0, 0.1) is 0 Å². The van der Waals surface area contributed by atoms with Gasteiger partial charge in [0.2, 0.25) is 5.91 Å². The zero-order chi connectivity index (χ0) is 16.1. The number of likely N-dealkylation sites (N-methyl/N-ethyl adjacent to an activating group) is 1. The molecule has 0 bridgehead atoms. The number of carbonyl (C=O) groups excluding carboxylic acids is 1. The fraction of sp³-hybridized carbons (Fsp3) is 0.267. The Morgan fingerprint density at radius 2 is 2.05 bits per heavy atom. The third kappa shape index (κ3) is 3.65. The molecule has 0 saturated heterocycles. The van der Waals surface area contributed by atoms with Crippen molar-refractivity contribution in [2.45, 2.75) is 13.5 Å². The summed E-state index contributed by atoms with van der Waals surface area (Å²) in [5.41, 5.74) is 0.815. The van der Waals surface area contributed by atoms with Gasteiger partial charge in [-0.2, -0.15) is 5.10 Å². The molecule has 22 heavy (non-hydrogen) atoms. The van der Waals surface area contributed by atoms with E-state index in [1.165, 1.54) is 13.2 Å². The van der Waals surface area contributed by atoms with Crippen molar-refractivity contribution in [1.82, 2.24) is 15.1 Å². The van der Waals surface area contributed by atoms with Gasteiger partial charge < -0.3 is 10.1 Å². The van der Waals surface area contributed by atoms with E-state index < -0.39 is 5.56 Å². The van der Waals surface area contributed by atoms with Gasteiger partial charge in [0, 0.05) is 23.2 Å². The lowest BCUT2D eigenvalue weighted by Crippen LogP contribution is -2.33. The van der Waals surface area contributed by atoms with Crippen molar-refractivity contribution in [1.29, 1.82) is 0 Å². The summed E-state index contributed by atoms with van der Waals surface area (Å²) >= 11 is 5.87. The summed E-state index contributed by atoms with van der Waals surface area (Å²) in [5, 5.41) is 7.47. The maximum Gasteiger partial charge on any atom is 0.270 e. The van der Waals surface area contributed by atoms with Crippen molar-refractivity contribution >= 4 is 17.5 Å². The molecule has 0 aliphatic rings. The average molecular weight is 322 g/mol. The van der Waals surface area contributed by atoms with E-state index in [-0.39, 0.29) is 12.5 Å². The van der Waals surface area contributed by atoms with Crippen LogP contribution >= 0.6 is 11.6 Å². The number of ether oxygens (including phenoxy) is 1. The van der Waals surface area contributed by atoms with Gasteiger partial charge in [-0.1, -0.05) is 23.7 Å². The highest BCUT2D eigenvalue weighted by atomic mass is 35.5. The lowest BCUT2D eigenvalue weighted by atomic mass is 10.1. The zero-order valence-electron chi connectivity index (χ0n) is 12.3. The molecule has 0 spiro atoms. The fourth-order valence-corrected chi connectivity index (χ4v) is 2.07. The smallest absolute Gasteiger partial charge is 0.270 e. The van der Waals surface area contributed by atoms with Crippen molar-refractivity contribution in [3.63, 3.8) is 0 Å². The average Bonchev–Trinajstić information content (AvgIpc) is 2.50. The number of methoxy groups -OCH3 is 1. The number of halogens is 1. The maximum absolute atomic E-state index is 12.0. The minimum absolute atomic E-state index is 0.142. The molecule has 0 fully saturated rings. The van der Waals surface area contributed by atoms with Crippen molar-refractivity contribution in [2.75, 3.05) is 13.7 Å². The standard InChI is InChI=1S/C15H16ClN3O3/c1-3-17-13(20)9-19-14(21)8-12(22-2)15(18-19)10-4-6-11(16)7-5-10/h4-8H,3,9H2,1-2H3,(H,17,20). The quantitative estimate of drug-likeness (QED) is 0.910. The van der Waals surface area contributed by atoms with E-state index >= 15 is 0 Å². The normalized spacial score (nSPS) is 10.3. The molecular weight excluding hydrogens is 306 g/mol. The van der Waals surface area contributed by atoms with Crippen LogP contribution in [0.3, 0.4) is 0 Å². The van der Waals surface area contributed by atoms with Crippen LogP contribution in [0.1, 0.15) is 6.92 Å². The molecule has 0 aliphatic carbocycles. The molecule has 0 aliphatic heterocycles. The van der Waals surface area contributed by atoms with Crippen LogP contribution in [-0.2, 0) is 11.3 Å². The molecule has 1 amide bonds. The molecule has 116 valence electrons. The number of benzene rings is 1. The summed E-state index contributed by atoms with van der Waals surface area (Å²) in [6, 6.07) is 8.30. The second-order valence-corrected chi connectivity index (χ2v) is 4.95. The molecule has 1 aromatic heterocycles. The second-order valence-electron chi connectivity index (χ2n) is 4.52. The molecule has 0 unspecified atom stereocenters. The number of hydrogen-bond acceptors (Lipinski definition) is 4. The second kappa shape index (κ2) is 7.09. The van der Waals surface area contributed by atoms with Crippen LogP contribution in [0.25, 0.3) is 11.3 Å². The van der Waals surface area contributed by atoms with E-state index in [4.69, 9.17) is 16.3 Å². The van der Waals surface area contributed by atoms with Gasteiger partial charge in [0.25, 0.3) is 5.56 Å². The first-order valence-corrected chi connectivity index (χ1v) is 7.11. The Balaban J connectivity index is 2.46. The number of rotatable bonds is 5. The number of aromatic nitrogens is 2. The van der Waals surface area contributed by atoms with Crippen molar-refractivity contribution in [2.24, 2.45) is 0 Å². The lowest BCUT2D eigenvalue weighted by Gasteiger charge is -2.11. The molecule has 1 heterocycles. The molecule has 0 atom stereocenters. The Labute approximate surface area is 132 Å². The molecule has 2 aromatic rings. The van der Waals surface area contributed by atoms with Gasteiger partial charge in [-0.15, -0.1) is 0 Å². The van der Waals surface area contributed by atoms with E-state index in [2.05, 4.69) is 10.4 Å². The summed E-state index contributed by atoms with van der Waals surface area (Å²) in [6.07, 6.45) is 0. The maximum atomic E-state index is 12.0. The Morgan fingerprint density at radius 3 is 2.64 bits per heavy atom. The van der Waals surface area contributed by atoms with E-state index in [0.29, 0.717) is 23.0 Å². The molecule has 7 heteroatoms. The van der Waals surface area contributed by atoms with Crippen molar-refractivity contribution in [3.05, 3.63) is 45.7 Å². The van der Waals surface area contributed by atoms with Crippen LogP contribution in [0.4, 0.5) is 0 Å². The van der Waals surface area contributed by atoms with Crippen LogP contribution in [0.5, 0.6) is 5.75 Å². The topological polar surface area (TPSA) is 73.2 Å². The largest absolute Gasteiger partial charge is 0.494 e. The molecule has 1 N–H and O–H groups in total. The zero-order valence-corrected chi connectivity index (χ0v) is 13.1. The van der Waals surface area contributed by atoms with E-state index in [9.17, 15) is 9.59 Å². The first-order valence-electron chi connectivity index (χ1n) is 6.74. The van der Waals surface area contributed by atoms with Gasteiger partial charge in [0.1, 0.15) is 12.2 Å². The lowest BCUT2D eigenvalue weighted by molar-refractivity contribution is -0.121. The number of carbonyl (C=O) groups is 1. The summed E-state index contributed by atoms with van der Waals surface area (Å²) in [5.74, 6) is 0.0730. The number of nitrogens with zero attached hydrogens (tertiary/aromatic N) is 2. The Bertz CT molecular complexity index is 726. The number of amides is 1. The third-order valence-corrected chi connectivity index (χ3v) is 3.22. The summed E-state index contributed by atoms with van der Waals surface area (Å²) in [7, 11) is 1.46. The van der Waals surface area contributed by atoms with Crippen LogP contribution in [0.2, 0.25) is 5.02 Å². The molecular formula is C15H16ClN3O3. The van der Waals surface area contributed by atoms with E-state index in [0.717, 1.165) is 10.2 Å². The minimum atomic E-state index is -0.402. The number of nitrogens with one attached hydrogen (secondary N) is 1.